The van der Waals surface area contributed by atoms with Crippen LogP contribution in [-0.4, -0.2) is 42.8 Å². The van der Waals surface area contributed by atoms with Gasteiger partial charge in [-0.25, -0.2) is 4.79 Å². The fourth-order valence-electron chi connectivity index (χ4n) is 2.69. The van der Waals surface area contributed by atoms with E-state index in [0.29, 0.717) is 28.3 Å². The molecule has 1 aromatic heterocycles. The van der Waals surface area contributed by atoms with Crippen LogP contribution in [-0.2, 0) is 9.53 Å². The molecule has 0 aliphatic heterocycles. The molecular weight excluding hydrogens is 338 g/mol. The van der Waals surface area contributed by atoms with Gasteiger partial charge in [0, 0.05) is 11.3 Å². The zero-order chi connectivity index (χ0) is 19.3. The van der Waals surface area contributed by atoms with E-state index in [2.05, 4.69) is 4.98 Å². The highest BCUT2D eigenvalue weighted by Crippen LogP contribution is 2.25. The molecule has 0 radical (unpaired) electrons. The summed E-state index contributed by atoms with van der Waals surface area (Å²) in [6.45, 7) is 4.04. The molecule has 0 amide bonds. The number of benzene rings is 1. The lowest BCUT2D eigenvalue weighted by Crippen LogP contribution is -2.20. The highest BCUT2D eigenvalue weighted by Gasteiger charge is 2.20. The molecule has 1 aromatic carbocycles. The van der Waals surface area contributed by atoms with Gasteiger partial charge in [0.25, 0.3) is 0 Å². The number of hydrogen-bond acceptors (Lipinski definition) is 6. The predicted octanol–water partition coefficient (Wildman–Crippen LogP) is 2.65. The van der Waals surface area contributed by atoms with Gasteiger partial charge in [0.2, 0.25) is 5.78 Å². The number of aromatic nitrogens is 1. The summed E-state index contributed by atoms with van der Waals surface area (Å²) in [7, 11) is 1.50. The number of methoxy groups -OCH3 is 1. The monoisotopic (exact) mass is 359 g/mol. The van der Waals surface area contributed by atoms with Crippen LogP contribution in [0.5, 0.6) is 11.5 Å². The van der Waals surface area contributed by atoms with E-state index in [9.17, 15) is 14.4 Å². The van der Waals surface area contributed by atoms with Gasteiger partial charge < -0.3 is 19.2 Å². The summed E-state index contributed by atoms with van der Waals surface area (Å²) >= 11 is 0. The average molecular weight is 359 g/mol. The molecule has 0 fully saturated rings. The van der Waals surface area contributed by atoms with Gasteiger partial charge in [-0.3, -0.25) is 9.59 Å². The van der Waals surface area contributed by atoms with E-state index >= 15 is 0 Å². The number of carbonyl (C=O) groups is 3. The molecule has 7 nitrogen and oxygen atoms in total. The Bertz CT molecular complexity index is 837. The summed E-state index contributed by atoms with van der Waals surface area (Å²) in [4.78, 5) is 38.6. The molecule has 0 aliphatic carbocycles. The lowest BCUT2D eigenvalue weighted by Gasteiger charge is -2.10. The number of aryl methyl sites for hydroxylation is 1. The van der Waals surface area contributed by atoms with E-state index < -0.39 is 18.4 Å². The summed E-state index contributed by atoms with van der Waals surface area (Å²) in [5.41, 5.74) is 1.93. The number of esters is 1. The lowest BCUT2D eigenvalue weighted by atomic mass is 10.1. The van der Waals surface area contributed by atoms with Crippen LogP contribution in [0.15, 0.2) is 24.3 Å². The van der Waals surface area contributed by atoms with Crippen LogP contribution in [0.25, 0.3) is 0 Å². The molecule has 1 N–H and O–H groups in total. The number of nitrogens with one attached hydrogen (secondary N) is 1. The summed E-state index contributed by atoms with van der Waals surface area (Å²) < 4.78 is 15.4. The summed E-state index contributed by atoms with van der Waals surface area (Å²) in [6, 6.07) is 6.88. The van der Waals surface area contributed by atoms with Crippen molar-refractivity contribution in [1.82, 2.24) is 4.98 Å². The molecule has 2 rings (SSSR count). The normalized spacial score (nSPS) is 10.3. The van der Waals surface area contributed by atoms with Crippen LogP contribution >= 0.6 is 0 Å². The quantitative estimate of drug-likeness (QED) is 0.575. The minimum Gasteiger partial charge on any atom is -0.493 e. The van der Waals surface area contributed by atoms with Gasteiger partial charge in [0.1, 0.15) is 0 Å². The number of ketones is 2. The van der Waals surface area contributed by atoms with Crippen LogP contribution in [0.4, 0.5) is 0 Å². The van der Waals surface area contributed by atoms with E-state index in [0.717, 1.165) is 0 Å². The molecule has 1 heterocycles. The second-order valence-corrected chi connectivity index (χ2v) is 5.70. The third-order valence-corrected chi connectivity index (χ3v) is 3.85. The maximum absolute atomic E-state index is 12.3. The first-order valence-corrected chi connectivity index (χ1v) is 7.99. The fraction of sp³-hybridized carbons (Fsp3) is 0.316. The Morgan fingerprint density at radius 1 is 1.04 bits per heavy atom. The third-order valence-electron chi connectivity index (χ3n) is 3.85. The van der Waals surface area contributed by atoms with Crippen molar-refractivity contribution in [3.05, 3.63) is 46.8 Å². The second kappa shape index (κ2) is 8.33. The van der Waals surface area contributed by atoms with Crippen molar-refractivity contribution < 1.29 is 28.6 Å². The van der Waals surface area contributed by atoms with Gasteiger partial charge in [-0.05, 0) is 38.5 Å². The number of H-pyrrole nitrogens is 1. The Balaban J connectivity index is 1.92. The number of rotatable bonds is 8. The largest absolute Gasteiger partial charge is 0.493 e. The van der Waals surface area contributed by atoms with Gasteiger partial charge in [0.05, 0.1) is 12.8 Å². The number of Topliss-reactive ketones (excluding diaryl/α,β-unsaturated/α-hetero) is 2. The maximum Gasteiger partial charge on any atom is 0.344 e. The van der Waals surface area contributed by atoms with Crippen molar-refractivity contribution in [1.29, 1.82) is 0 Å². The van der Waals surface area contributed by atoms with Gasteiger partial charge in [-0.1, -0.05) is 12.1 Å². The van der Waals surface area contributed by atoms with Gasteiger partial charge in [-0.15, -0.1) is 0 Å². The van der Waals surface area contributed by atoms with Crippen LogP contribution < -0.4 is 9.47 Å². The highest BCUT2D eigenvalue weighted by atomic mass is 16.6. The minimum absolute atomic E-state index is 0.127. The first-order valence-electron chi connectivity index (χ1n) is 7.99. The van der Waals surface area contributed by atoms with E-state index in [-0.39, 0.29) is 18.1 Å². The van der Waals surface area contributed by atoms with Crippen molar-refractivity contribution in [2.45, 2.75) is 20.8 Å². The van der Waals surface area contributed by atoms with Crippen molar-refractivity contribution in [2.75, 3.05) is 20.3 Å². The van der Waals surface area contributed by atoms with Crippen molar-refractivity contribution >= 4 is 17.5 Å². The molecule has 0 saturated heterocycles. The molecule has 0 saturated carbocycles. The first kappa shape index (κ1) is 19.2. The summed E-state index contributed by atoms with van der Waals surface area (Å²) in [5, 5.41) is 0. The molecule has 2 aromatic rings. The molecule has 138 valence electrons. The Morgan fingerprint density at radius 2 is 1.69 bits per heavy atom. The van der Waals surface area contributed by atoms with Crippen LogP contribution in [0.2, 0.25) is 0 Å². The number of carbonyl (C=O) groups excluding carboxylic acids is 3. The zero-order valence-electron chi connectivity index (χ0n) is 15.2. The molecule has 26 heavy (non-hydrogen) atoms. The van der Waals surface area contributed by atoms with E-state index in [1.54, 1.807) is 38.1 Å². The molecule has 0 unspecified atom stereocenters. The van der Waals surface area contributed by atoms with Gasteiger partial charge in [-0.2, -0.15) is 0 Å². The SMILES string of the molecule is COc1ccccc1OCC(=O)OCC(=O)c1[nH]c(C)c(C(C)=O)c1C. The third kappa shape index (κ3) is 4.30. The predicted molar refractivity (Wildman–Crippen MR) is 94.0 cm³/mol. The average Bonchev–Trinajstić information content (AvgIpc) is 2.92. The van der Waals surface area contributed by atoms with E-state index in [1.807, 2.05) is 0 Å². The molecular formula is C19H21NO6. The Labute approximate surface area is 151 Å². The van der Waals surface area contributed by atoms with Crippen molar-refractivity contribution in [2.24, 2.45) is 0 Å². The first-order chi connectivity index (χ1) is 12.3. The topological polar surface area (TPSA) is 94.7 Å². The fourth-order valence-corrected chi connectivity index (χ4v) is 2.69. The number of aromatic amines is 1. The van der Waals surface area contributed by atoms with Crippen LogP contribution in [0.3, 0.4) is 0 Å². The minimum atomic E-state index is -0.683. The smallest absolute Gasteiger partial charge is 0.344 e. The van der Waals surface area contributed by atoms with Crippen LogP contribution in [0.1, 0.15) is 39.0 Å². The Hall–Kier alpha value is -3.09. The molecule has 0 spiro atoms. The standard InChI is InChI=1S/C19H21NO6/c1-11-18(13(3)21)12(2)20-19(11)14(22)9-26-17(23)10-25-16-8-6-5-7-15(16)24-4/h5-8,20H,9-10H2,1-4H3. The number of ether oxygens (including phenoxy) is 3. The second-order valence-electron chi connectivity index (χ2n) is 5.70. The maximum atomic E-state index is 12.3. The Morgan fingerprint density at radius 3 is 2.27 bits per heavy atom. The molecule has 0 aliphatic rings. The van der Waals surface area contributed by atoms with E-state index in [1.165, 1.54) is 14.0 Å². The van der Waals surface area contributed by atoms with Crippen molar-refractivity contribution in [3.8, 4) is 11.5 Å². The molecule has 7 heteroatoms. The van der Waals surface area contributed by atoms with Gasteiger partial charge >= 0.3 is 5.97 Å². The molecule has 0 atom stereocenters. The zero-order valence-corrected chi connectivity index (χ0v) is 15.2. The van der Waals surface area contributed by atoms with Gasteiger partial charge in [0.15, 0.2) is 30.5 Å². The van der Waals surface area contributed by atoms with Crippen molar-refractivity contribution in [3.63, 3.8) is 0 Å². The lowest BCUT2D eigenvalue weighted by molar-refractivity contribution is -0.144. The van der Waals surface area contributed by atoms with Crippen LogP contribution in [0, 0.1) is 13.8 Å². The number of hydrogen-bond donors (Lipinski definition) is 1. The molecule has 0 bridgehead atoms. The Kier molecular flexibility index (Phi) is 6.16. The number of para-hydroxylation sites is 2. The summed E-state index contributed by atoms with van der Waals surface area (Å²) in [5.74, 6) is -0.330. The summed E-state index contributed by atoms with van der Waals surface area (Å²) in [6.07, 6.45) is 0. The highest BCUT2D eigenvalue weighted by molar-refractivity contribution is 6.04. The van der Waals surface area contributed by atoms with E-state index in [4.69, 9.17) is 14.2 Å².